The van der Waals surface area contributed by atoms with E-state index in [2.05, 4.69) is 79.9 Å². The zero-order chi connectivity index (χ0) is 21.2. The summed E-state index contributed by atoms with van der Waals surface area (Å²) in [7, 11) is 0. The molecule has 0 aliphatic carbocycles. The van der Waals surface area contributed by atoms with Crippen LogP contribution in [0.2, 0.25) is 0 Å². The number of nitrogens with one attached hydrogen (secondary N) is 2. The third-order valence-corrected chi connectivity index (χ3v) is 4.56. The summed E-state index contributed by atoms with van der Waals surface area (Å²) in [5.41, 5.74) is 0.200. The molecule has 0 rings (SSSR count). The Bertz CT molecular complexity index is 379. The Kier molecular flexibility index (Phi) is 11.7. The van der Waals surface area contributed by atoms with Crippen LogP contribution < -0.4 is 10.6 Å². The van der Waals surface area contributed by atoms with Gasteiger partial charge in [-0.3, -0.25) is 0 Å². The second-order valence-corrected chi connectivity index (χ2v) is 11.1. The Hall–Kier alpha value is -0.160. The molecule has 0 saturated carbocycles. The van der Waals surface area contributed by atoms with Crippen LogP contribution in [-0.4, -0.2) is 48.6 Å². The largest absolute Gasteiger partial charge is 0.376 e. The highest BCUT2D eigenvalue weighted by atomic mass is 16.5. The molecule has 0 unspecified atom stereocenters. The van der Waals surface area contributed by atoms with E-state index in [1.165, 1.54) is 12.8 Å². The van der Waals surface area contributed by atoms with Crippen LogP contribution in [0.15, 0.2) is 0 Å². The summed E-state index contributed by atoms with van der Waals surface area (Å²) in [4.78, 5) is 0. The van der Waals surface area contributed by atoms with Gasteiger partial charge in [0.25, 0.3) is 0 Å². The first-order valence-corrected chi connectivity index (χ1v) is 10.9. The molecule has 0 atom stereocenters. The van der Waals surface area contributed by atoms with Crippen LogP contribution in [0.3, 0.4) is 0 Å². The van der Waals surface area contributed by atoms with Crippen LogP contribution in [0.1, 0.15) is 101 Å². The molecule has 164 valence electrons. The average Bonchev–Trinajstić information content (AvgIpc) is 2.47. The maximum atomic E-state index is 6.11. The molecule has 27 heavy (non-hydrogen) atoms. The van der Waals surface area contributed by atoms with Crippen molar-refractivity contribution in [3.8, 4) is 0 Å². The standard InChI is InChI=1S/C23H50N2O2/c1-20(2,3)24-17-19-27-23(9,10)15-14-22(7,8)25-16-12-11-13-18-26-21(4,5)6/h24-25H,11-19H2,1-10H3. The summed E-state index contributed by atoms with van der Waals surface area (Å²) < 4.78 is 11.9. The monoisotopic (exact) mass is 386 g/mol. The summed E-state index contributed by atoms with van der Waals surface area (Å²) in [6, 6.07) is 0. The third kappa shape index (κ3) is 18.9. The van der Waals surface area contributed by atoms with Crippen LogP contribution in [0.25, 0.3) is 0 Å². The van der Waals surface area contributed by atoms with Gasteiger partial charge in [-0.05, 0) is 108 Å². The van der Waals surface area contributed by atoms with Crippen molar-refractivity contribution >= 4 is 0 Å². The minimum Gasteiger partial charge on any atom is -0.376 e. The summed E-state index contributed by atoms with van der Waals surface area (Å²) in [6.45, 7) is 25.5. The Labute approximate surface area is 170 Å². The molecule has 0 spiro atoms. The minimum absolute atomic E-state index is 0.0159. The molecular weight excluding hydrogens is 336 g/mol. The third-order valence-electron chi connectivity index (χ3n) is 4.56. The van der Waals surface area contributed by atoms with E-state index in [0.717, 1.165) is 45.6 Å². The minimum atomic E-state index is -0.0805. The van der Waals surface area contributed by atoms with Gasteiger partial charge in [0, 0.05) is 24.2 Å². The summed E-state index contributed by atoms with van der Waals surface area (Å²) in [5, 5.41) is 7.19. The number of unbranched alkanes of at least 4 members (excludes halogenated alkanes) is 2. The van der Waals surface area contributed by atoms with E-state index in [1.807, 2.05) is 0 Å². The van der Waals surface area contributed by atoms with Gasteiger partial charge in [-0.15, -0.1) is 0 Å². The molecule has 0 radical (unpaired) electrons. The second-order valence-electron chi connectivity index (χ2n) is 11.1. The zero-order valence-corrected chi connectivity index (χ0v) is 20.2. The van der Waals surface area contributed by atoms with Crippen molar-refractivity contribution in [2.75, 3.05) is 26.3 Å². The first kappa shape index (κ1) is 26.8. The van der Waals surface area contributed by atoms with Crippen molar-refractivity contribution in [3.05, 3.63) is 0 Å². The Morgan fingerprint density at radius 3 is 1.78 bits per heavy atom. The molecule has 0 aliphatic heterocycles. The van der Waals surface area contributed by atoms with Gasteiger partial charge in [0.1, 0.15) is 0 Å². The van der Waals surface area contributed by atoms with Crippen molar-refractivity contribution in [3.63, 3.8) is 0 Å². The molecular formula is C23H50N2O2. The fourth-order valence-electron chi connectivity index (χ4n) is 2.74. The van der Waals surface area contributed by atoms with E-state index < -0.39 is 0 Å². The molecule has 0 fully saturated rings. The van der Waals surface area contributed by atoms with Crippen molar-refractivity contribution in [2.24, 2.45) is 0 Å². The van der Waals surface area contributed by atoms with Gasteiger partial charge in [0.15, 0.2) is 0 Å². The van der Waals surface area contributed by atoms with Gasteiger partial charge in [-0.25, -0.2) is 0 Å². The quantitative estimate of drug-likeness (QED) is 0.397. The SMILES string of the molecule is CC(C)(C)NCCOC(C)(C)CCC(C)(C)NCCCCCOC(C)(C)C. The molecule has 0 aromatic heterocycles. The molecule has 4 nitrogen and oxygen atoms in total. The predicted molar refractivity (Wildman–Crippen MR) is 119 cm³/mol. The molecule has 0 heterocycles. The van der Waals surface area contributed by atoms with Gasteiger partial charge < -0.3 is 20.1 Å². The fourth-order valence-corrected chi connectivity index (χ4v) is 2.74. The maximum Gasteiger partial charge on any atom is 0.0627 e. The van der Waals surface area contributed by atoms with Crippen LogP contribution in [0, 0.1) is 0 Å². The number of hydrogen-bond donors (Lipinski definition) is 2. The summed E-state index contributed by atoms with van der Waals surface area (Å²) >= 11 is 0. The van der Waals surface area contributed by atoms with Crippen LogP contribution >= 0.6 is 0 Å². The molecule has 0 saturated heterocycles. The molecule has 0 amide bonds. The Morgan fingerprint density at radius 1 is 0.593 bits per heavy atom. The van der Waals surface area contributed by atoms with E-state index in [0.29, 0.717) is 0 Å². The van der Waals surface area contributed by atoms with Gasteiger partial charge in [-0.2, -0.15) is 0 Å². The predicted octanol–water partition coefficient (Wildman–Crippen LogP) is 5.30. The van der Waals surface area contributed by atoms with Crippen molar-refractivity contribution in [1.29, 1.82) is 0 Å². The lowest BCUT2D eigenvalue weighted by Crippen LogP contribution is -2.42. The lowest BCUT2D eigenvalue weighted by atomic mass is 9.91. The maximum absolute atomic E-state index is 6.11. The van der Waals surface area contributed by atoms with E-state index in [4.69, 9.17) is 9.47 Å². The van der Waals surface area contributed by atoms with Crippen molar-refractivity contribution in [1.82, 2.24) is 10.6 Å². The molecule has 0 aliphatic rings. The van der Waals surface area contributed by atoms with E-state index in [-0.39, 0.29) is 22.3 Å². The number of hydrogen-bond acceptors (Lipinski definition) is 4. The van der Waals surface area contributed by atoms with Crippen molar-refractivity contribution < 1.29 is 9.47 Å². The smallest absolute Gasteiger partial charge is 0.0627 e. The molecule has 0 aromatic rings. The highest BCUT2D eigenvalue weighted by Gasteiger charge is 2.24. The highest BCUT2D eigenvalue weighted by Crippen LogP contribution is 2.22. The van der Waals surface area contributed by atoms with E-state index in [1.54, 1.807) is 0 Å². The van der Waals surface area contributed by atoms with Gasteiger partial charge in [0.2, 0.25) is 0 Å². The van der Waals surface area contributed by atoms with Crippen LogP contribution in [-0.2, 0) is 9.47 Å². The number of ether oxygens (including phenoxy) is 2. The van der Waals surface area contributed by atoms with Gasteiger partial charge >= 0.3 is 0 Å². The van der Waals surface area contributed by atoms with E-state index in [9.17, 15) is 0 Å². The zero-order valence-electron chi connectivity index (χ0n) is 20.2. The Balaban J connectivity index is 3.87. The second kappa shape index (κ2) is 11.7. The summed E-state index contributed by atoms with van der Waals surface area (Å²) in [5.74, 6) is 0. The lowest BCUT2D eigenvalue weighted by Gasteiger charge is -2.33. The molecule has 4 heteroatoms. The van der Waals surface area contributed by atoms with Crippen LogP contribution in [0.4, 0.5) is 0 Å². The molecule has 0 aromatic carbocycles. The van der Waals surface area contributed by atoms with Gasteiger partial charge in [0.05, 0.1) is 17.8 Å². The topological polar surface area (TPSA) is 42.5 Å². The summed E-state index contributed by atoms with van der Waals surface area (Å²) in [6.07, 6.45) is 5.73. The molecule has 2 N–H and O–H groups in total. The average molecular weight is 387 g/mol. The first-order valence-electron chi connectivity index (χ1n) is 10.9. The first-order chi connectivity index (χ1) is 12.1. The number of rotatable bonds is 14. The molecule has 0 bridgehead atoms. The van der Waals surface area contributed by atoms with Crippen molar-refractivity contribution in [2.45, 2.75) is 124 Å². The fraction of sp³-hybridized carbons (Fsp3) is 1.00. The van der Waals surface area contributed by atoms with E-state index >= 15 is 0 Å². The lowest BCUT2D eigenvalue weighted by molar-refractivity contribution is -0.0280. The normalized spacial score (nSPS) is 14.0. The van der Waals surface area contributed by atoms with Gasteiger partial charge in [-0.1, -0.05) is 0 Å². The highest BCUT2D eigenvalue weighted by molar-refractivity contribution is 4.82. The van der Waals surface area contributed by atoms with Crippen LogP contribution in [0.5, 0.6) is 0 Å². The Morgan fingerprint density at radius 2 is 1.22 bits per heavy atom.